The average Bonchev–Trinajstić information content (AvgIpc) is 3.63. The van der Waals surface area contributed by atoms with E-state index in [0.717, 1.165) is 11.1 Å². The number of rotatable bonds is 8. The van der Waals surface area contributed by atoms with Crippen molar-refractivity contribution in [3.63, 3.8) is 0 Å². The smallest absolute Gasteiger partial charge is 0.334 e. The van der Waals surface area contributed by atoms with Gasteiger partial charge in [-0.2, -0.15) is 0 Å². The van der Waals surface area contributed by atoms with Crippen molar-refractivity contribution >= 4 is 40.7 Å². The fourth-order valence-electron chi connectivity index (χ4n) is 7.40. The van der Waals surface area contributed by atoms with E-state index in [1.165, 1.54) is 14.2 Å². The lowest BCUT2D eigenvalue weighted by Crippen LogP contribution is -2.38. The molecule has 0 radical (unpaired) electrons. The number of carbonyl (C=O) groups is 4. The third kappa shape index (κ3) is 4.28. The van der Waals surface area contributed by atoms with Gasteiger partial charge in [-0.3, -0.25) is 14.4 Å². The molecular weight excluding hydrogens is 580 g/mol. The standard InChI is InChI=1S/C38H32N2O6/c1-45-34(42)28(32-27-17-9-11-19-30(27)39(33(32)41)22-25-13-5-3-6-14-25)21-37(36(44)46-2)24-38(37)29-18-10-12-20-31(29)40(35(38)43)23-26-15-7-4-8-16-26/h3-20H,21-24H2,1-2H3/b32-28+/t37-,38+/m1/s1. The summed E-state index contributed by atoms with van der Waals surface area (Å²) in [4.78, 5) is 59.8. The Morgan fingerprint density at radius 1 is 0.696 bits per heavy atom. The van der Waals surface area contributed by atoms with Crippen molar-refractivity contribution in [1.82, 2.24) is 0 Å². The van der Waals surface area contributed by atoms with Crippen LogP contribution in [0.2, 0.25) is 0 Å². The van der Waals surface area contributed by atoms with Gasteiger partial charge in [0.2, 0.25) is 5.91 Å². The largest absolute Gasteiger partial charge is 0.469 e. The maximum absolute atomic E-state index is 14.6. The number of anilines is 2. The summed E-state index contributed by atoms with van der Waals surface area (Å²) in [7, 11) is 2.53. The zero-order valence-electron chi connectivity index (χ0n) is 25.6. The van der Waals surface area contributed by atoms with Crippen LogP contribution in [0.4, 0.5) is 11.4 Å². The van der Waals surface area contributed by atoms with Crippen LogP contribution in [0, 0.1) is 5.41 Å². The van der Waals surface area contributed by atoms with Crippen LogP contribution in [-0.2, 0) is 47.2 Å². The van der Waals surface area contributed by atoms with Crippen molar-refractivity contribution in [3.8, 4) is 0 Å². The summed E-state index contributed by atoms with van der Waals surface area (Å²) < 4.78 is 10.6. The topological polar surface area (TPSA) is 93.2 Å². The summed E-state index contributed by atoms with van der Waals surface area (Å²) in [6, 6.07) is 34.0. The number of para-hydroxylation sites is 2. The molecule has 0 bridgehead atoms. The van der Waals surface area contributed by atoms with E-state index < -0.39 is 22.8 Å². The lowest BCUT2D eigenvalue weighted by Gasteiger charge is -2.23. The highest BCUT2D eigenvalue weighted by Gasteiger charge is 2.81. The van der Waals surface area contributed by atoms with Crippen LogP contribution in [0.1, 0.15) is 35.1 Å². The molecule has 1 spiro atoms. The third-order valence-corrected chi connectivity index (χ3v) is 9.60. The van der Waals surface area contributed by atoms with Crippen LogP contribution in [0.25, 0.3) is 5.57 Å². The van der Waals surface area contributed by atoms with Gasteiger partial charge in [-0.05, 0) is 41.7 Å². The van der Waals surface area contributed by atoms with Gasteiger partial charge in [0.05, 0.1) is 55.0 Å². The lowest BCUT2D eigenvalue weighted by atomic mass is 9.81. The number of hydrogen-bond acceptors (Lipinski definition) is 6. The van der Waals surface area contributed by atoms with Crippen molar-refractivity contribution in [3.05, 3.63) is 137 Å². The Bertz CT molecular complexity index is 1920. The van der Waals surface area contributed by atoms with E-state index in [0.29, 0.717) is 35.6 Å². The molecule has 8 nitrogen and oxygen atoms in total. The summed E-state index contributed by atoms with van der Waals surface area (Å²) in [6.45, 7) is 0.613. The Hall–Kier alpha value is -5.50. The number of methoxy groups -OCH3 is 2. The van der Waals surface area contributed by atoms with E-state index in [1.54, 1.807) is 21.9 Å². The van der Waals surface area contributed by atoms with Crippen LogP contribution >= 0.6 is 0 Å². The number of nitrogens with zero attached hydrogens (tertiary/aromatic N) is 2. The quantitative estimate of drug-likeness (QED) is 0.190. The number of benzene rings is 4. The second-order valence-corrected chi connectivity index (χ2v) is 12.0. The molecule has 1 fully saturated rings. The fourth-order valence-corrected chi connectivity index (χ4v) is 7.40. The van der Waals surface area contributed by atoms with Crippen LogP contribution < -0.4 is 9.80 Å². The van der Waals surface area contributed by atoms with Gasteiger partial charge >= 0.3 is 11.9 Å². The molecule has 8 heteroatoms. The normalized spacial score (nSPS) is 22.0. The van der Waals surface area contributed by atoms with Crippen molar-refractivity contribution < 1.29 is 28.7 Å². The van der Waals surface area contributed by atoms with E-state index in [4.69, 9.17) is 9.47 Å². The summed E-state index contributed by atoms with van der Waals surface area (Å²) >= 11 is 0. The van der Waals surface area contributed by atoms with Gasteiger partial charge in [0.15, 0.2) is 0 Å². The Morgan fingerprint density at radius 3 is 1.89 bits per heavy atom. The van der Waals surface area contributed by atoms with Gasteiger partial charge in [0.1, 0.15) is 0 Å². The van der Waals surface area contributed by atoms with Crippen LogP contribution in [-0.4, -0.2) is 38.0 Å². The zero-order valence-corrected chi connectivity index (χ0v) is 25.6. The summed E-state index contributed by atoms with van der Waals surface area (Å²) in [5.41, 5.74) is 2.03. The number of carbonyl (C=O) groups excluding carboxylic acids is 4. The van der Waals surface area contributed by atoms with Crippen LogP contribution in [0.3, 0.4) is 0 Å². The summed E-state index contributed by atoms with van der Waals surface area (Å²) in [5, 5.41) is 0. The molecule has 3 aliphatic rings. The second-order valence-electron chi connectivity index (χ2n) is 12.0. The van der Waals surface area contributed by atoms with Crippen LogP contribution in [0.5, 0.6) is 0 Å². The van der Waals surface area contributed by atoms with Gasteiger partial charge in [-0.15, -0.1) is 0 Å². The van der Waals surface area contributed by atoms with Crippen molar-refractivity contribution in [2.24, 2.45) is 5.41 Å². The number of fused-ring (bicyclic) bond motifs is 3. The Kier molecular flexibility index (Phi) is 7.08. The SMILES string of the molecule is COC(=O)/C(C[C@]1(C(=O)OC)C[C@]12C(=O)N(Cc1ccccc1)c1ccccc12)=C1/C(=O)N(Cc2ccccc2)c2ccccc21. The average molecular weight is 613 g/mol. The highest BCUT2D eigenvalue weighted by Crippen LogP contribution is 2.73. The molecular formula is C38H32N2O6. The molecule has 4 aromatic rings. The number of esters is 2. The minimum atomic E-state index is -1.43. The predicted molar refractivity (Wildman–Crippen MR) is 172 cm³/mol. The monoisotopic (exact) mass is 612 g/mol. The molecule has 1 saturated carbocycles. The minimum Gasteiger partial charge on any atom is -0.469 e. The molecule has 2 atom stereocenters. The molecule has 7 rings (SSSR count). The Morgan fingerprint density at radius 2 is 1.26 bits per heavy atom. The molecule has 0 saturated heterocycles. The Labute approximate surface area is 266 Å². The third-order valence-electron chi connectivity index (χ3n) is 9.60. The minimum absolute atomic E-state index is 0.0459. The van der Waals surface area contributed by atoms with Crippen LogP contribution in [0.15, 0.2) is 115 Å². The predicted octanol–water partition coefficient (Wildman–Crippen LogP) is 5.60. The maximum atomic E-state index is 14.6. The van der Waals surface area contributed by atoms with E-state index in [9.17, 15) is 19.2 Å². The molecule has 2 aliphatic heterocycles. The van der Waals surface area contributed by atoms with E-state index in [1.807, 2.05) is 97.1 Å². The highest BCUT2D eigenvalue weighted by atomic mass is 16.5. The molecule has 46 heavy (non-hydrogen) atoms. The molecule has 230 valence electrons. The van der Waals surface area contributed by atoms with Gasteiger partial charge in [-0.25, -0.2) is 4.79 Å². The van der Waals surface area contributed by atoms with Gasteiger partial charge in [0.25, 0.3) is 5.91 Å². The molecule has 2 amide bonds. The van der Waals surface area contributed by atoms with E-state index in [2.05, 4.69) is 0 Å². The van der Waals surface area contributed by atoms with E-state index in [-0.39, 0.29) is 35.8 Å². The second kappa shape index (κ2) is 11.1. The van der Waals surface area contributed by atoms with Gasteiger partial charge < -0.3 is 19.3 Å². The van der Waals surface area contributed by atoms with Gasteiger partial charge in [0, 0.05) is 11.3 Å². The summed E-state index contributed by atoms with van der Waals surface area (Å²) in [6.07, 6.45) is -0.0780. The summed E-state index contributed by atoms with van der Waals surface area (Å²) in [5.74, 6) is -1.95. The molecule has 0 aromatic heterocycles. The van der Waals surface area contributed by atoms with Crippen molar-refractivity contribution in [1.29, 1.82) is 0 Å². The van der Waals surface area contributed by atoms with Gasteiger partial charge in [-0.1, -0.05) is 97.1 Å². The fraction of sp³-hybridized carbons (Fsp3) is 0.211. The van der Waals surface area contributed by atoms with Crippen molar-refractivity contribution in [2.75, 3.05) is 24.0 Å². The highest BCUT2D eigenvalue weighted by molar-refractivity contribution is 6.36. The number of ether oxygens (including phenoxy) is 2. The zero-order chi connectivity index (χ0) is 32.1. The first-order chi connectivity index (χ1) is 22.4. The lowest BCUT2D eigenvalue weighted by molar-refractivity contribution is -0.149. The maximum Gasteiger partial charge on any atom is 0.334 e. The number of hydrogen-bond donors (Lipinski definition) is 0. The molecule has 0 unspecified atom stereocenters. The first-order valence-corrected chi connectivity index (χ1v) is 15.2. The number of amides is 2. The Balaban J connectivity index is 1.35. The molecule has 1 aliphatic carbocycles. The molecule has 4 aromatic carbocycles. The first kappa shape index (κ1) is 29.2. The first-order valence-electron chi connectivity index (χ1n) is 15.2. The van der Waals surface area contributed by atoms with E-state index >= 15 is 0 Å². The van der Waals surface area contributed by atoms with Crippen molar-refractivity contribution in [2.45, 2.75) is 31.3 Å². The molecule has 2 heterocycles. The molecule has 0 N–H and O–H groups in total.